The number of benzene rings is 1. The van der Waals surface area contributed by atoms with Crippen molar-refractivity contribution >= 4 is 54.8 Å². The maximum Gasteiger partial charge on any atom is 0.338 e. The molecule has 32 heavy (non-hydrogen) atoms. The molecule has 0 spiro atoms. The first-order chi connectivity index (χ1) is 15.3. The molecule has 0 bridgehead atoms. The van der Waals surface area contributed by atoms with E-state index in [1.165, 1.54) is 27.0 Å². The molecule has 11 heteroatoms. The van der Waals surface area contributed by atoms with Gasteiger partial charge in [0.2, 0.25) is 0 Å². The Kier molecular flexibility index (Phi) is 6.61. The van der Waals surface area contributed by atoms with Crippen molar-refractivity contribution in [3.8, 4) is 0 Å². The number of nitrogens with zero attached hydrogens (tertiary/aromatic N) is 3. The van der Waals surface area contributed by atoms with Gasteiger partial charge in [0.1, 0.15) is 4.21 Å². The van der Waals surface area contributed by atoms with Gasteiger partial charge in [0.15, 0.2) is 4.80 Å². The zero-order chi connectivity index (χ0) is 22.9. The minimum Gasteiger partial charge on any atom is -0.462 e. The molecule has 4 rings (SSSR count). The van der Waals surface area contributed by atoms with Crippen LogP contribution in [0.5, 0.6) is 0 Å². The summed E-state index contributed by atoms with van der Waals surface area (Å²) in [7, 11) is -1.78. The Morgan fingerprint density at radius 3 is 2.81 bits per heavy atom. The van der Waals surface area contributed by atoms with Crippen LogP contribution in [0.15, 0.2) is 44.9 Å². The van der Waals surface area contributed by atoms with E-state index in [0.29, 0.717) is 36.4 Å². The number of aryl methyl sites for hydroxylation is 1. The summed E-state index contributed by atoms with van der Waals surface area (Å²) < 4.78 is 35.0. The maximum absolute atomic E-state index is 12.9. The molecule has 3 heterocycles. The van der Waals surface area contributed by atoms with Crippen molar-refractivity contribution in [1.29, 1.82) is 0 Å². The monoisotopic (exact) mass is 493 g/mol. The van der Waals surface area contributed by atoms with Crippen molar-refractivity contribution in [3.05, 3.63) is 46.1 Å². The lowest BCUT2D eigenvalue weighted by molar-refractivity contribution is -0.122. The van der Waals surface area contributed by atoms with Gasteiger partial charge in [-0.15, -0.1) is 11.3 Å². The highest BCUT2D eigenvalue weighted by Crippen LogP contribution is 2.27. The quantitative estimate of drug-likeness (QED) is 0.509. The largest absolute Gasteiger partial charge is 0.462 e. The van der Waals surface area contributed by atoms with Crippen LogP contribution in [0, 0.1) is 5.92 Å². The molecular formula is C21H23N3O5S3. The molecule has 1 saturated heterocycles. The number of thiazole rings is 1. The Morgan fingerprint density at radius 2 is 2.09 bits per heavy atom. The van der Waals surface area contributed by atoms with Gasteiger partial charge in [0, 0.05) is 20.1 Å². The highest BCUT2D eigenvalue weighted by molar-refractivity contribution is 7.91. The second kappa shape index (κ2) is 9.26. The molecule has 170 valence electrons. The fourth-order valence-corrected chi connectivity index (χ4v) is 7.40. The maximum atomic E-state index is 12.9. The third-order valence-electron chi connectivity index (χ3n) is 5.35. The number of ether oxygens (including phenoxy) is 1. The van der Waals surface area contributed by atoms with Crippen molar-refractivity contribution in [2.24, 2.45) is 18.0 Å². The standard InChI is InChI=1S/C21H23N3O5S3/c1-3-29-20(26)14-8-9-16-17(12-14)31-21(23(16)2)22-19(25)15-6-4-10-24(13-15)32(27,28)18-7-5-11-30-18/h5,7-9,11-12,15H,3-4,6,10,13H2,1-2H3. The molecule has 0 radical (unpaired) electrons. The molecule has 8 nitrogen and oxygen atoms in total. The number of carbonyl (C=O) groups is 2. The SMILES string of the molecule is CCOC(=O)c1ccc2c(c1)sc(=NC(=O)C1CCCN(S(=O)(=O)c3cccs3)C1)n2C. The second-order valence-electron chi connectivity index (χ2n) is 7.43. The number of hydrogen-bond donors (Lipinski definition) is 0. The van der Waals surface area contributed by atoms with Crippen molar-refractivity contribution in [2.75, 3.05) is 19.7 Å². The van der Waals surface area contributed by atoms with Gasteiger partial charge in [-0.2, -0.15) is 9.30 Å². The van der Waals surface area contributed by atoms with Crippen LogP contribution in [0.1, 0.15) is 30.1 Å². The average molecular weight is 494 g/mol. The minimum atomic E-state index is -3.59. The zero-order valence-corrected chi connectivity index (χ0v) is 20.1. The topological polar surface area (TPSA) is 98.0 Å². The number of thiophene rings is 1. The number of sulfonamides is 1. The van der Waals surface area contributed by atoms with E-state index in [0.717, 1.165) is 10.2 Å². The smallest absolute Gasteiger partial charge is 0.338 e. The third kappa shape index (κ3) is 4.42. The van der Waals surface area contributed by atoms with E-state index in [9.17, 15) is 18.0 Å². The molecule has 3 aromatic rings. The summed E-state index contributed by atoms with van der Waals surface area (Å²) in [5.41, 5.74) is 1.29. The van der Waals surface area contributed by atoms with E-state index in [1.54, 1.807) is 47.2 Å². The van der Waals surface area contributed by atoms with Crippen LogP contribution in [0.2, 0.25) is 0 Å². The summed E-state index contributed by atoms with van der Waals surface area (Å²) in [5, 5.41) is 1.73. The van der Waals surface area contributed by atoms with Crippen LogP contribution < -0.4 is 4.80 Å². The van der Waals surface area contributed by atoms with Gasteiger partial charge in [-0.05, 0) is 49.4 Å². The fourth-order valence-electron chi connectivity index (χ4n) is 3.67. The minimum absolute atomic E-state index is 0.129. The van der Waals surface area contributed by atoms with E-state index >= 15 is 0 Å². The van der Waals surface area contributed by atoms with Crippen molar-refractivity contribution in [2.45, 2.75) is 24.0 Å². The van der Waals surface area contributed by atoms with Gasteiger partial charge in [-0.3, -0.25) is 4.79 Å². The number of piperidine rings is 1. The normalized spacial score (nSPS) is 18.2. The highest BCUT2D eigenvalue weighted by Gasteiger charge is 2.33. The molecule has 0 N–H and O–H groups in total. The number of esters is 1. The molecular weight excluding hydrogens is 470 g/mol. The molecule has 1 unspecified atom stereocenters. The van der Waals surface area contributed by atoms with Gasteiger partial charge in [-0.1, -0.05) is 17.4 Å². The Hall–Kier alpha value is -2.34. The third-order valence-corrected chi connectivity index (χ3v) is 9.68. The second-order valence-corrected chi connectivity index (χ2v) is 11.6. The van der Waals surface area contributed by atoms with E-state index in [1.807, 2.05) is 7.05 Å². The first kappa shape index (κ1) is 22.8. The molecule has 0 aliphatic carbocycles. The van der Waals surface area contributed by atoms with Gasteiger partial charge >= 0.3 is 5.97 Å². The van der Waals surface area contributed by atoms with Crippen LogP contribution >= 0.6 is 22.7 Å². The first-order valence-corrected chi connectivity index (χ1v) is 13.3. The molecule has 1 aliphatic heterocycles. The summed E-state index contributed by atoms with van der Waals surface area (Å²) in [4.78, 5) is 29.8. The summed E-state index contributed by atoms with van der Waals surface area (Å²) in [6.45, 7) is 2.58. The average Bonchev–Trinajstić information content (AvgIpc) is 3.43. The first-order valence-electron chi connectivity index (χ1n) is 10.2. The van der Waals surface area contributed by atoms with Crippen LogP contribution in [0.3, 0.4) is 0 Å². The van der Waals surface area contributed by atoms with Gasteiger partial charge in [0.25, 0.3) is 15.9 Å². The molecule has 0 saturated carbocycles. The van der Waals surface area contributed by atoms with E-state index < -0.39 is 21.9 Å². The molecule has 2 aromatic heterocycles. The molecule has 1 atom stereocenters. The van der Waals surface area contributed by atoms with E-state index in [4.69, 9.17) is 4.74 Å². The number of carbonyl (C=O) groups excluding carboxylic acids is 2. The van der Waals surface area contributed by atoms with Gasteiger partial charge < -0.3 is 9.30 Å². The van der Waals surface area contributed by atoms with Crippen molar-refractivity contribution < 1.29 is 22.7 Å². The number of amides is 1. The van der Waals surface area contributed by atoms with Crippen molar-refractivity contribution in [3.63, 3.8) is 0 Å². The van der Waals surface area contributed by atoms with Crippen LogP contribution in [-0.2, 0) is 26.6 Å². The van der Waals surface area contributed by atoms with E-state index in [2.05, 4.69) is 4.99 Å². The van der Waals surface area contributed by atoms with Gasteiger partial charge in [-0.25, -0.2) is 13.2 Å². The lowest BCUT2D eigenvalue weighted by Gasteiger charge is -2.29. The summed E-state index contributed by atoms with van der Waals surface area (Å²) >= 11 is 2.48. The number of aromatic nitrogens is 1. The Bertz CT molecular complexity index is 1320. The van der Waals surface area contributed by atoms with Crippen molar-refractivity contribution in [1.82, 2.24) is 8.87 Å². The molecule has 1 amide bonds. The van der Waals surface area contributed by atoms with Gasteiger partial charge in [0.05, 0.1) is 28.3 Å². The Morgan fingerprint density at radius 1 is 1.28 bits per heavy atom. The van der Waals surface area contributed by atoms with E-state index in [-0.39, 0.29) is 16.7 Å². The molecule has 1 aliphatic rings. The van der Waals surface area contributed by atoms with Crippen LogP contribution in [0.4, 0.5) is 0 Å². The molecule has 1 aromatic carbocycles. The number of fused-ring (bicyclic) bond motifs is 1. The lowest BCUT2D eigenvalue weighted by atomic mass is 9.99. The summed E-state index contributed by atoms with van der Waals surface area (Å²) in [6.07, 6.45) is 1.21. The highest BCUT2D eigenvalue weighted by atomic mass is 32.2. The molecule has 1 fully saturated rings. The zero-order valence-electron chi connectivity index (χ0n) is 17.7. The van der Waals surface area contributed by atoms with Crippen LogP contribution in [-0.4, -0.2) is 48.9 Å². The number of hydrogen-bond acceptors (Lipinski definition) is 7. The predicted molar refractivity (Wildman–Crippen MR) is 123 cm³/mol. The fraction of sp³-hybridized carbons (Fsp3) is 0.381. The Labute approximate surface area is 193 Å². The summed E-state index contributed by atoms with van der Waals surface area (Å²) in [5.74, 6) is -1.21. The lowest BCUT2D eigenvalue weighted by Crippen LogP contribution is -2.42. The Balaban J connectivity index is 1.59. The predicted octanol–water partition coefficient (Wildman–Crippen LogP) is 3.01. The van der Waals surface area contributed by atoms with Crippen LogP contribution in [0.25, 0.3) is 10.2 Å². The number of rotatable bonds is 5. The summed E-state index contributed by atoms with van der Waals surface area (Å²) in [6, 6.07) is 8.51.